The lowest BCUT2D eigenvalue weighted by Gasteiger charge is -2.09. The summed E-state index contributed by atoms with van der Waals surface area (Å²) >= 11 is 11.8. The Bertz CT molecular complexity index is 782. The number of rotatable bonds is 9. The van der Waals surface area contributed by atoms with Gasteiger partial charge < -0.3 is 21.1 Å². The van der Waals surface area contributed by atoms with Crippen LogP contribution in [0.4, 0.5) is 0 Å². The first-order chi connectivity index (χ1) is 13.0. The average Bonchev–Trinajstić information content (AvgIpc) is 2.67. The van der Waals surface area contributed by atoms with Gasteiger partial charge in [-0.15, -0.1) is 0 Å². The number of nitrogens with one attached hydrogen (secondary N) is 2. The van der Waals surface area contributed by atoms with Gasteiger partial charge in [0.2, 0.25) is 0 Å². The third-order valence-electron chi connectivity index (χ3n) is 3.67. The number of halogens is 2. The van der Waals surface area contributed by atoms with Crippen molar-refractivity contribution in [1.82, 2.24) is 10.6 Å². The molecule has 0 aliphatic heterocycles. The minimum Gasteiger partial charge on any atom is -0.482 e. The Hall–Kier alpha value is -2.28. The predicted molar refractivity (Wildman–Crippen MR) is 106 cm³/mol. The van der Waals surface area contributed by atoms with Gasteiger partial charge in [-0.05, 0) is 42.3 Å². The molecule has 2 aromatic rings. The summed E-state index contributed by atoms with van der Waals surface area (Å²) in [6, 6.07) is 11.9. The van der Waals surface area contributed by atoms with E-state index < -0.39 is 0 Å². The van der Waals surface area contributed by atoms with Crippen LogP contribution in [0.1, 0.15) is 22.3 Å². The monoisotopic (exact) mass is 409 g/mol. The zero-order valence-corrected chi connectivity index (χ0v) is 16.1. The van der Waals surface area contributed by atoms with Gasteiger partial charge in [0.05, 0.1) is 5.02 Å². The van der Waals surface area contributed by atoms with E-state index in [0.717, 1.165) is 5.56 Å². The first kappa shape index (κ1) is 21.0. The van der Waals surface area contributed by atoms with E-state index >= 15 is 0 Å². The first-order valence-corrected chi connectivity index (χ1v) is 9.17. The average molecular weight is 410 g/mol. The molecule has 2 amide bonds. The van der Waals surface area contributed by atoms with Crippen LogP contribution in [0.2, 0.25) is 10.0 Å². The Balaban J connectivity index is 1.61. The van der Waals surface area contributed by atoms with E-state index in [4.69, 9.17) is 33.7 Å². The fourth-order valence-electron chi connectivity index (χ4n) is 2.20. The summed E-state index contributed by atoms with van der Waals surface area (Å²) < 4.78 is 5.34. The number of carbonyl (C=O) groups is 2. The lowest BCUT2D eigenvalue weighted by Crippen LogP contribution is -2.32. The van der Waals surface area contributed by atoms with Crippen LogP contribution < -0.4 is 21.1 Å². The Morgan fingerprint density at radius 3 is 2.37 bits per heavy atom. The van der Waals surface area contributed by atoms with Crippen molar-refractivity contribution in [3.8, 4) is 5.75 Å². The van der Waals surface area contributed by atoms with Gasteiger partial charge in [0.15, 0.2) is 6.61 Å². The number of amides is 2. The van der Waals surface area contributed by atoms with Crippen molar-refractivity contribution in [3.05, 3.63) is 63.6 Å². The van der Waals surface area contributed by atoms with Gasteiger partial charge >= 0.3 is 0 Å². The zero-order valence-electron chi connectivity index (χ0n) is 14.6. The van der Waals surface area contributed by atoms with Crippen molar-refractivity contribution >= 4 is 35.0 Å². The summed E-state index contributed by atoms with van der Waals surface area (Å²) in [4.78, 5) is 23.8. The van der Waals surface area contributed by atoms with Crippen LogP contribution in [0.5, 0.6) is 5.75 Å². The standard InChI is InChI=1S/C19H21Cl2N3O3/c20-15-6-7-17(16(21)10-15)27-12-18(25)23-8-1-9-24-19(26)14-4-2-13(11-22)3-5-14/h2-7,10H,1,8-9,11-12,22H2,(H,23,25)(H,24,26). The Labute approximate surface area is 168 Å². The smallest absolute Gasteiger partial charge is 0.257 e. The number of benzene rings is 2. The van der Waals surface area contributed by atoms with E-state index in [2.05, 4.69) is 10.6 Å². The summed E-state index contributed by atoms with van der Waals surface area (Å²) in [5.74, 6) is -0.0422. The molecule has 2 aromatic carbocycles. The minimum atomic E-state index is -0.273. The number of carbonyl (C=O) groups excluding carboxylic acids is 2. The van der Waals surface area contributed by atoms with E-state index in [1.54, 1.807) is 30.3 Å². The van der Waals surface area contributed by atoms with Gasteiger partial charge in [-0.2, -0.15) is 0 Å². The van der Waals surface area contributed by atoms with Gasteiger partial charge in [0.1, 0.15) is 5.75 Å². The predicted octanol–water partition coefficient (Wildman–Crippen LogP) is 2.77. The maximum Gasteiger partial charge on any atom is 0.257 e. The molecule has 0 spiro atoms. The molecular formula is C19H21Cl2N3O3. The van der Waals surface area contributed by atoms with Crippen LogP contribution in [0.3, 0.4) is 0 Å². The van der Waals surface area contributed by atoms with E-state index in [-0.39, 0.29) is 18.4 Å². The molecule has 27 heavy (non-hydrogen) atoms. The van der Waals surface area contributed by atoms with Crippen LogP contribution in [0.15, 0.2) is 42.5 Å². The van der Waals surface area contributed by atoms with Crippen molar-refractivity contribution in [3.63, 3.8) is 0 Å². The fraction of sp³-hybridized carbons (Fsp3) is 0.263. The van der Waals surface area contributed by atoms with Gasteiger partial charge in [-0.1, -0.05) is 35.3 Å². The Kier molecular flexibility index (Phi) is 8.39. The van der Waals surface area contributed by atoms with Crippen LogP contribution >= 0.6 is 23.2 Å². The molecule has 2 rings (SSSR count). The molecule has 0 aromatic heterocycles. The van der Waals surface area contributed by atoms with E-state index in [1.807, 2.05) is 12.1 Å². The van der Waals surface area contributed by atoms with Crippen LogP contribution in [0, 0.1) is 0 Å². The van der Waals surface area contributed by atoms with Gasteiger partial charge in [0.25, 0.3) is 11.8 Å². The minimum absolute atomic E-state index is 0.152. The fourth-order valence-corrected chi connectivity index (χ4v) is 2.66. The van der Waals surface area contributed by atoms with Crippen LogP contribution in [-0.2, 0) is 11.3 Å². The summed E-state index contributed by atoms with van der Waals surface area (Å²) in [6.07, 6.45) is 0.597. The molecule has 0 aliphatic rings. The van der Waals surface area contributed by atoms with E-state index in [0.29, 0.717) is 47.4 Å². The SMILES string of the molecule is NCc1ccc(C(=O)NCCCNC(=O)COc2ccc(Cl)cc2Cl)cc1. The Morgan fingerprint density at radius 1 is 1.00 bits per heavy atom. The molecule has 0 atom stereocenters. The summed E-state index contributed by atoms with van der Waals surface area (Å²) in [5, 5.41) is 6.35. The van der Waals surface area contributed by atoms with Crippen molar-refractivity contribution in [2.45, 2.75) is 13.0 Å². The molecule has 144 valence electrons. The van der Waals surface area contributed by atoms with Crippen LogP contribution in [-0.4, -0.2) is 31.5 Å². The molecule has 0 saturated carbocycles. The molecule has 0 heterocycles. The quantitative estimate of drug-likeness (QED) is 0.555. The Morgan fingerprint density at radius 2 is 1.70 bits per heavy atom. The second-order valence-electron chi connectivity index (χ2n) is 5.72. The molecule has 8 heteroatoms. The van der Waals surface area contributed by atoms with Crippen molar-refractivity contribution in [2.24, 2.45) is 5.73 Å². The second kappa shape index (κ2) is 10.8. The molecule has 0 bridgehead atoms. The lowest BCUT2D eigenvalue weighted by molar-refractivity contribution is -0.123. The van der Waals surface area contributed by atoms with Gasteiger partial charge in [0, 0.05) is 30.2 Å². The van der Waals surface area contributed by atoms with E-state index in [1.165, 1.54) is 0 Å². The molecule has 4 N–H and O–H groups in total. The van der Waals surface area contributed by atoms with Gasteiger partial charge in [-0.25, -0.2) is 0 Å². The lowest BCUT2D eigenvalue weighted by atomic mass is 10.1. The molecular weight excluding hydrogens is 389 g/mol. The first-order valence-electron chi connectivity index (χ1n) is 8.41. The second-order valence-corrected chi connectivity index (χ2v) is 6.57. The topological polar surface area (TPSA) is 93.5 Å². The summed E-state index contributed by atoms with van der Waals surface area (Å²) in [7, 11) is 0. The number of ether oxygens (including phenoxy) is 1. The largest absolute Gasteiger partial charge is 0.482 e. The maximum atomic E-state index is 12.0. The molecule has 0 aliphatic carbocycles. The molecule has 0 saturated heterocycles. The highest BCUT2D eigenvalue weighted by Crippen LogP contribution is 2.27. The van der Waals surface area contributed by atoms with E-state index in [9.17, 15) is 9.59 Å². The number of hydrogen-bond acceptors (Lipinski definition) is 4. The molecule has 0 unspecified atom stereocenters. The number of hydrogen-bond donors (Lipinski definition) is 3. The normalized spacial score (nSPS) is 10.3. The maximum absolute atomic E-state index is 12.0. The van der Waals surface area contributed by atoms with Gasteiger partial charge in [-0.3, -0.25) is 9.59 Å². The molecule has 0 fully saturated rings. The zero-order chi connectivity index (χ0) is 19.6. The van der Waals surface area contributed by atoms with Crippen molar-refractivity contribution < 1.29 is 14.3 Å². The van der Waals surface area contributed by atoms with Crippen molar-refractivity contribution in [2.75, 3.05) is 19.7 Å². The highest BCUT2D eigenvalue weighted by molar-refractivity contribution is 6.35. The molecule has 6 nitrogen and oxygen atoms in total. The third-order valence-corrected chi connectivity index (χ3v) is 4.20. The van der Waals surface area contributed by atoms with Crippen LogP contribution in [0.25, 0.3) is 0 Å². The number of nitrogens with two attached hydrogens (primary N) is 1. The van der Waals surface area contributed by atoms with Crippen molar-refractivity contribution in [1.29, 1.82) is 0 Å². The summed E-state index contributed by atoms with van der Waals surface area (Å²) in [6.45, 7) is 1.15. The summed E-state index contributed by atoms with van der Waals surface area (Å²) in [5.41, 5.74) is 7.07. The third kappa shape index (κ3) is 7.09. The highest BCUT2D eigenvalue weighted by atomic mass is 35.5. The molecule has 0 radical (unpaired) electrons. The highest BCUT2D eigenvalue weighted by Gasteiger charge is 2.07.